The molecule has 1 N–H and O–H groups in total. The normalized spacial score (nSPS) is 27.2. The third kappa shape index (κ3) is 2.59. The minimum absolute atomic E-state index is 0.286. The maximum atomic E-state index is 5.97. The van der Waals surface area contributed by atoms with Gasteiger partial charge in [-0.3, -0.25) is 4.90 Å². The Kier molecular flexibility index (Phi) is 3.90. The molecule has 1 aliphatic heterocycles. The molecule has 2 nitrogen and oxygen atoms in total. The summed E-state index contributed by atoms with van der Waals surface area (Å²) in [4.78, 5) is 3.94. The number of nitrogens with one attached hydrogen (secondary N) is 1. The topological polar surface area (TPSA) is 15.3 Å². The molecule has 2 rings (SSSR count). The molecule has 1 saturated heterocycles. The molecular formula is C12H19ClN2S. The Labute approximate surface area is 107 Å². The highest BCUT2D eigenvalue weighted by molar-refractivity contribution is 7.16. The first-order chi connectivity index (χ1) is 7.64. The van der Waals surface area contributed by atoms with Crippen LogP contribution < -0.4 is 5.32 Å². The van der Waals surface area contributed by atoms with Crippen molar-refractivity contribution in [3.8, 4) is 0 Å². The van der Waals surface area contributed by atoms with Crippen LogP contribution in [0.15, 0.2) is 12.1 Å². The van der Waals surface area contributed by atoms with Gasteiger partial charge in [-0.15, -0.1) is 11.3 Å². The van der Waals surface area contributed by atoms with Gasteiger partial charge in [0.05, 0.1) is 4.34 Å². The number of hydrogen-bond acceptors (Lipinski definition) is 3. The zero-order valence-corrected chi connectivity index (χ0v) is 11.5. The van der Waals surface area contributed by atoms with Gasteiger partial charge >= 0.3 is 0 Å². The summed E-state index contributed by atoms with van der Waals surface area (Å²) in [5.41, 5.74) is 0.286. The number of halogens is 1. The summed E-state index contributed by atoms with van der Waals surface area (Å²) < 4.78 is 0.892. The molecular weight excluding hydrogens is 240 g/mol. The molecule has 2 heterocycles. The fraction of sp³-hybridized carbons (Fsp3) is 0.667. The lowest BCUT2D eigenvalue weighted by atomic mass is 9.94. The van der Waals surface area contributed by atoms with Crippen molar-refractivity contribution in [2.75, 3.05) is 19.6 Å². The van der Waals surface area contributed by atoms with Crippen molar-refractivity contribution in [1.29, 1.82) is 0 Å². The minimum atomic E-state index is 0.286. The van der Waals surface area contributed by atoms with Gasteiger partial charge in [-0.2, -0.15) is 0 Å². The minimum Gasteiger partial charge on any atom is -0.314 e. The molecule has 1 aromatic heterocycles. The fourth-order valence-corrected chi connectivity index (χ4v) is 3.30. The zero-order valence-electron chi connectivity index (χ0n) is 9.92. The van der Waals surface area contributed by atoms with Crippen molar-refractivity contribution in [2.45, 2.75) is 32.4 Å². The predicted molar refractivity (Wildman–Crippen MR) is 71.3 cm³/mol. The molecule has 1 atom stereocenters. The Morgan fingerprint density at radius 3 is 3.00 bits per heavy atom. The van der Waals surface area contributed by atoms with E-state index in [4.69, 9.17) is 11.6 Å². The first-order valence-corrected chi connectivity index (χ1v) is 7.03. The van der Waals surface area contributed by atoms with Crippen LogP contribution in [-0.4, -0.2) is 30.1 Å². The van der Waals surface area contributed by atoms with Crippen LogP contribution in [0.5, 0.6) is 0 Å². The van der Waals surface area contributed by atoms with Crippen LogP contribution in [-0.2, 0) is 6.54 Å². The van der Waals surface area contributed by atoms with Crippen LogP contribution in [0, 0.1) is 0 Å². The van der Waals surface area contributed by atoms with E-state index in [0.29, 0.717) is 0 Å². The van der Waals surface area contributed by atoms with Crippen LogP contribution in [0.25, 0.3) is 0 Å². The van der Waals surface area contributed by atoms with Crippen molar-refractivity contribution >= 4 is 22.9 Å². The first kappa shape index (κ1) is 12.4. The highest BCUT2D eigenvalue weighted by Crippen LogP contribution is 2.27. The summed E-state index contributed by atoms with van der Waals surface area (Å²) in [5.74, 6) is 0. The highest BCUT2D eigenvalue weighted by atomic mass is 35.5. The van der Waals surface area contributed by atoms with Crippen molar-refractivity contribution in [1.82, 2.24) is 10.2 Å². The van der Waals surface area contributed by atoms with Gasteiger partial charge in [-0.1, -0.05) is 18.5 Å². The van der Waals surface area contributed by atoms with Crippen molar-refractivity contribution in [3.63, 3.8) is 0 Å². The summed E-state index contributed by atoms with van der Waals surface area (Å²) >= 11 is 7.67. The fourth-order valence-electron chi connectivity index (χ4n) is 2.20. The van der Waals surface area contributed by atoms with Gasteiger partial charge in [-0.05, 0) is 25.5 Å². The van der Waals surface area contributed by atoms with Crippen LogP contribution >= 0.6 is 22.9 Å². The number of thiophene rings is 1. The standard InChI is InChI=1S/C12H19ClN2S/c1-3-12(2)9-14-6-7-15(12)8-10-4-5-11(13)16-10/h4-5,14H,3,6-9H2,1-2H3. The third-order valence-corrected chi connectivity index (χ3v) is 4.78. The van der Waals surface area contributed by atoms with Crippen LogP contribution in [0.3, 0.4) is 0 Å². The Bertz CT molecular complexity index is 353. The van der Waals surface area contributed by atoms with Gasteiger partial charge in [0.25, 0.3) is 0 Å². The smallest absolute Gasteiger partial charge is 0.0931 e. The molecule has 1 aliphatic rings. The molecule has 1 unspecified atom stereocenters. The molecule has 1 fully saturated rings. The van der Waals surface area contributed by atoms with Crippen LogP contribution in [0.2, 0.25) is 4.34 Å². The third-order valence-electron chi connectivity index (χ3n) is 3.56. The van der Waals surface area contributed by atoms with E-state index in [1.807, 2.05) is 6.07 Å². The Morgan fingerprint density at radius 1 is 1.56 bits per heavy atom. The summed E-state index contributed by atoms with van der Waals surface area (Å²) in [6.45, 7) is 8.94. The van der Waals surface area contributed by atoms with Gasteiger partial charge in [0, 0.05) is 36.6 Å². The van der Waals surface area contributed by atoms with Crippen LogP contribution in [0.1, 0.15) is 25.1 Å². The molecule has 4 heteroatoms. The van der Waals surface area contributed by atoms with E-state index in [1.165, 1.54) is 11.3 Å². The van der Waals surface area contributed by atoms with Gasteiger partial charge in [0.2, 0.25) is 0 Å². The lowest BCUT2D eigenvalue weighted by Crippen LogP contribution is -2.58. The van der Waals surface area contributed by atoms with Gasteiger partial charge < -0.3 is 5.32 Å². The molecule has 90 valence electrons. The van der Waals surface area contributed by atoms with E-state index < -0.39 is 0 Å². The zero-order chi connectivity index (χ0) is 11.6. The molecule has 0 spiro atoms. The monoisotopic (exact) mass is 258 g/mol. The molecule has 0 bridgehead atoms. The molecule has 1 aromatic rings. The average Bonchev–Trinajstić information content (AvgIpc) is 2.68. The number of hydrogen-bond donors (Lipinski definition) is 1. The van der Waals surface area contributed by atoms with Crippen molar-refractivity contribution in [3.05, 3.63) is 21.3 Å². The molecule has 0 saturated carbocycles. The Balaban J connectivity index is 2.07. The second-order valence-corrected chi connectivity index (χ2v) is 6.45. The molecule has 0 aromatic carbocycles. The summed E-state index contributed by atoms with van der Waals surface area (Å²) in [6, 6.07) is 4.14. The Hall–Kier alpha value is -0.0900. The second kappa shape index (κ2) is 5.05. The lowest BCUT2D eigenvalue weighted by Gasteiger charge is -2.44. The van der Waals surface area contributed by atoms with Crippen LogP contribution in [0.4, 0.5) is 0 Å². The van der Waals surface area contributed by atoms with Crippen molar-refractivity contribution < 1.29 is 0 Å². The van der Waals surface area contributed by atoms with E-state index in [-0.39, 0.29) is 5.54 Å². The number of rotatable bonds is 3. The summed E-state index contributed by atoms with van der Waals surface area (Å²) in [6.07, 6.45) is 1.18. The molecule has 0 aliphatic carbocycles. The number of nitrogens with zero attached hydrogens (tertiary/aromatic N) is 1. The first-order valence-electron chi connectivity index (χ1n) is 5.84. The van der Waals surface area contributed by atoms with E-state index in [1.54, 1.807) is 11.3 Å². The summed E-state index contributed by atoms with van der Waals surface area (Å²) in [5, 5.41) is 3.48. The SMILES string of the molecule is CCC1(C)CNCCN1Cc1ccc(Cl)s1. The number of piperazine rings is 1. The van der Waals surface area contributed by atoms with E-state index in [9.17, 15) is 0 Å². The maximum absolute atomic E-state index is 5.97. The van der Waals surface area contributed by atoms with Gasteiger partial charge in [0.1, 0.15) is 0 Å². The van der Waals surface area contributed by atoms with Crippen molar-refractivity contribution in [2.24, 2.45) is 0 Å². The van der Waals surface area contributed by atoms with E-state index in [0.717, 1.165) is 30.5 Å². The molecule has 0 radical (unpaired) electrons. The average molecular weight is 259 g/mol. The quantitative estimate of drug-likeness (QED) is 0.897. The van der Waals surface area contributed by atoms with Gasteiger partial charge in [0.15, 0.2) is 0 Å². The molecule has 0 amide bonds. The summed E-state index contributed by atoms with van der Waals surface area (Å²) in [7, 11) is 0. The highest BCUT2D eigenvalue weighted by Gasteiger charge is 2.32. The molecule has 16 heavy (non-hydrogen) atoms. The van der Waals surface area contributed by atoms with Gasteiger partial charge in [-0.25, -0.2) is 0 Å². The van der Waals surface area contributed by atoms with E-state index in [2.05, 4.69) is 30.1 Å². The maximum Gasteiger partial charge on any atom is 0.0931 e. The largest absolute Gasteiger partial charge is 0.314 e. The Morgan fingerprint density at radius 2 is 2.38 bits per heavy atom. The van der Waals surface area contributed by atoms with E-state index >= 15 is 0 Å². The lowest BCUT2D eigenvalue weighted by molar-refractivity contribution is 0.0648. The second-order valence-electron chi connectivity index (χ2n) is 4.65. The predicted octanol–water partition coefficient (Wildman–Crippen LogP) is 2.98.